The Kier molecular flexibility index (Phi) is 6.17. The molecule has 1 aliphatic heterocycles. The Balaban J connectivity index is 1.83. The van der Waals surface area contributed by atoms with Crippen molar-refractivity contribution in [1.82, 2.24) is 0 Å². The third-order valence-electron chi connectivity index (χ3n) is 3.00. The third-order valence-corrected chi connectivity index (χ3v) is 3.93. The fraction of sp³-hybridized carbons (Fsp3) is 0.500. The van der Waals surface area contributed by atoms with Crippen LogP contribution in [0.4, 0.5) is 11.4 Å². The molecule has 0 aliphatic carbocycles. The van der Waals surface area contributed by atoms with Gasteiger partial charge in [0.25, 0.3) is 0 Å². The number of aliphatic hydroxyl groups is 1. The maximum Gasteiger partial charge on any atom is 0.234 e. The molecule has 1 amide bonds. The van der Waals surface area contributed by atoms with Crippen LogP contribution < -0.4 is 10.2 Å². The maximum atomic E-state index is 11.6. The Labute approximate surface area is 123 Å². The van der Waals surface area contributed by atoms with Crippen LogP contribution in [0.5, 0.6) is 0 Å². The molecule has 1 heterocycles. The Bertz CT molecular complexity index is 419. The topological polar surface area (TPSA) is 61.8 Å². The van der Waals surface area contributed by atoms with E-state index in [-0.39, 0.29) is 12.5 Å². The smallest absolute Gasteiger partial charge is 0.234 e. The molecule has 0 saturated carbocycles. The van der Waals surface area contributed by atoms with E-state index in [1.165, 1.54) is 11.8 Å². The normalized spacial score (nSPS) is 15.2. The van der Waals surface area contributed by atoms with Gasteiger partial charge in [0.2, 0.25) is 5.91 Å². The second-order valence-corrected chi connectivity index (χ2v) is 5.58. The number of rotatable bonds is 6. The molecule has 1 saturated heterocycles. The number of hydrogen-bond donors (Lipinski definition) is 2. The number of hydrogen-bond acceptors (Lipinski definition) is 5. The maximum absolute atomic E-state index is 11.6. The quantitative estimate of drug-likeness (QED) is 0.772. The zero-order chi connectivity index (χ0) is 14.2. The molecule has 0 spiro atoms. The Morgan fingerprint density at radius 1 is 1.30 bits per heavy atom. The third kappa shape index (κ3) is 4.70. The highest BCUT2D eigenvalue weighted by Crippen LogP contribution is 2.19. The van der Waals surface area contributed by atoms with Crippen LogP contribution in [0.2, 0.25) is 0 Å². The number of amides is 1. The van der Waals surface area contributed by atoms with Gasteiger partial charge in [-0.2, -0.15) is 0 Å². The van der Waals surface area contributed by atoms with Gasteiger partial charge in [0.05, 0.1) is 25.6 Å². The van der Waals surface area contributed by atoms with Crippen molar-refractivity contribution in [2.24, 2.45) is 0 Å². The van der Waals surface area contributed by atoms with E-state index in [9.17, 15) is 4.79 Å². The lowest BCUT2D eigenvalue weighted by atomic mass is 10.2. The monoisotopic (exact) mass is 296 g/mol. The Morgan fingerprint density at radius 3 is 2.65 bits per heavy atom. The number of carbonyl (C=O) groups is 1. The van der Waals surface area contributed by atoms with E-state index in [2.05, 4.69) is 10.2 Å². The second kappa shape index (κ2) is 8.14. The first-order valence-corrected chi connectivity index (χ1v) is 7.86. The standard InChI is InChI=1S/C14H20N2O3S/c17-7-10-20-11-14(18)15-12-1-3-13(4-2-12)16-5-8-19-9-6-16/h1-4,17H,5-11H2,(H,15,18). The predicted molar refractivity (Wildman–Crippen MR) is 82.5 cm³/mol. The van der Waals surface area contributed by atoms with Crippen molar-refractivity contribution in [1.29, 1.82) is 0 Å². The summed E-state index contributed by atoms with van der Waals surface area (Å²) in [7, 11) is 0. The molecule has 0 radical (unpaired) electrons. The van der Waals surface area contributed by atoms with Crippen molar-refractivity contribution in [3.05, 3.63) is 24.3 Å². The lowest BCUT2D eigenvalue weighted by Gasteiger charge is -2.28. The number of nitrogens with zero attached hydrogens (tertiary/aromatic N) is 1. The van der Waals surface area contributed by atoms with E-state index in [4.69, 9.17) is 9.84 Å². The number of carbonyl (C=O) groups excluding carboxylic acids is 1. The van der Waals surface area contributed by atoms with Crippen molar-refractivity contribution < 1.29 is 14.6 Å². The second-order valence-electron chi connectivity index (χ2n) is 4.47. The van der Waals surface area contributed by atoms with Gasteiger partial charge in [-0.15, -0.1) is 11.8 Å². The number of thioether (sulfide) groups is 1. The molecule has 1 aliphatic rings. The molecule has 0 aromatic heterocycles. The van der Waals surface area contributed by atoms with E-state index in [0.29, 0.717) is 11.5 Å². The van der Waals surface area contributed by atoms with Crippen molar-refractivity contribution in [3.63, 3.8) is 0 Å². The molecular formula is C14H20N2O3S. The van der Waals surface area contributed by atoms with Gasteiger partial charge >= 0.3 is 0 Å². The van der Waals surface area contributed by atoms with Crippen molar-refractivity contribution >= 4 is 29.0 Å². The van der Waals surface area contributed by atoms with Crippen LogP contribution in [-0.4, -0.2) is 55.4 Å². The van der Waals surface area contributed by atoms with Crippen LogP contribution in [0.15, 0.2) is 24.3 Å². The summed E-state index contributed by atoms with van der Waals surface area (Å²) < 4.78 is 5.33. The predicted octanol–water partition coefficient (Wildman–Crippen LogP) is 1.19. The van der Waals surface area contributed by atoms with E-state index in [0.717, 1.165) is 37.7 Å². The lowest BCUT2D eigenvalue weighted by molar-refractivity contribution is -0.113. The van der Waals surface area contributed by atoms with E-state index in [1.54, 1.807) is 0 Å². The van der Waals surface area contributed by atoms with Crippen molar-refractivity contribution in [2.75, 3.05) is 54.6 Å². The summed E-state index contributed by atoms with van der Waals surface area (Å²) >= 11 is 1.42. The first kappa shape index (κ1) is 15.2. The number of benzene rings is 1. The molecule has 20 heavy (non-hydrogen) atoms. The molecule has 5 nitrogen and oxygen atoms in total. The minimum atomic E-state index is -0.0393. The molecule has 6 heteroatoms. The van der Waals surface area contributed by atoms with Gasteiger partial charge < -0.3 is 20.1 Å². The summed E-state index contributed by atoms with van der Waals surface area (Å²) in [6, 6.07) is 7.86. The number of ether oxygens (including phenoxy) is 1. The average molecular weight is 296 g/mol. The zero-order valence-electron chi connectivity index (χ0n) is 11.4. The molecule has 1 fully saturated rings. The minimum Gasteiger partial charge on any atom is -0.396 e. The van der Waals surface area contributed by atoms with Gasteiger partial charge in [0, 0.05) is 30.2 Å². The number of nitrogens with one attached hydrogen (secondary N) is 1. The summed E-state index contributed by atoms with van der Waals surface area (Å²) in [4.78, 5) is 13.9. The molecule has 2 N–H and O–H groups in total. The zero-order valence-corrected chi connectivity index (χ0v) is 12.2. The summed E-state index contributed by atoms with van der Waals surface area (Å²) in [6.45, 7) is 3.44. The molecular weight excluding hydrogens is 276 g/mol. The van der Waals surface area contributed by atoms with Crippen LogP contribution in [0.3, 0.4) is 0 Å². The molecule has 110 valence electrons. The van der Waals surface area contributed by atoms with Gasteiger partial charge in [-0.1, -0.05) is 0 Å². The summed E-state index contributed by atoms with van der Waals surface area (Å²) in [5.41, 5.74) is 1.96. The highest BCUT2D eigenvalue weighted by atomic mass is 32.2. The first-order chi connectivity index (χ1) is 9.79. The highest BCUT2D eigenvalue weighted by Gasteiger charge is 2.11. The van der Waals surface area contributed by atoms with Gasteiger partial charge in [-0.25, -0.2) is 0 Å². The molecule has 1 aromatic carbocycles. The number of morpholine rings is 1. The van der Waals surface area contributed by atoms with Gasteiger partial charge in [0.15, 0.2) is 0 Å². The van der Waals surface area contributed by atoms with Crippen LogP contribution >= 0.6 is 11.8 Å². The molecule has 2 rings (SSSR count). The summed E-state index contributed by atoms with van der Waals surface area (Å²) in [6.07, 6.45) is 0. The van der Waals surface area contributed by atoms with Crippen LogP contribution in [0.25, 0.3) is 0 Å². The number of anilines is 2. The van der Waals surface area contributed by atoms with Gasteiger partial charge in [0.1, 0.15) is 0 Å². The van der Waals surface area contributed by atoms with Gasteiger partial charge in [-0.05, 0) is 24.3 Å². The summed E-state index contributed by atoms with van der Waals surface area (Å²) in [5, 5.41) is 11.5. The fourth-order valence-corrected chi connectivity index (χ4v) is 2.53. The van der Waals surface area contributed by atoms with Crippen LogP contribution in [0, 0.1) is 0 Å². The SMILES string of the molecule is O=C(CSCCO)Nc1ccc(N2CCOCC2)cc1. The molecule has 0 bridgehead atoms. The average Bonchev–Trinajstić information content (AvgIpc) is 2.49. The van der Waals surface area contributed by atoms with E-state index < -0.39 is 0 Å². The molecule has 0 atom stereocenters. The Morgan fingerprint density at radius 2 is 2.00 bits per heavy atom. The fourth-order valence-electron chi connectivity index (χ4n) is 2.00. The summed E-state index contributed by atoms with van der Waals surface area (Å²) in [5.74, 6) is 0.914. The van der Waals surface area contributed by atoms with Crippen molar-refractivity contribution in [2.45, 2.75) is 0 Å². The van der Waals surface area contributed by atoms with Crippen LogP contribution in [0.1, 0.15) is 0 Å². The van der Waals surface area contributed by atoms with Crippen molar-refractivity contribution in [3.8, 4) is 0 Å². The molecule has 1 aromatic rings. The largest absolute Gasteiger partial charge is 0.396 e. The number of aliphatic hydroxyl groups excluding tert-OH is 1. The van der Waals surface area contributed by atoms with E-state index >= 15 is 0 Å². The molecule has 0 unspecified atom stereocenters. The van der Waals surface area contributed by atoms with Crippen LogP contribution in [-0.2, 0) is 9.53 Å². The van der Waals surface area contributed by atoms with E-state index in [1.807, 2.05) is 24.3 Å². The highest BCUT2D eigenvalue weighted by molar-refractivity contribution is 7.99. The first-order valence-electron chi connectivity index (χ1n) is 6.71. The Hall–Kier alpha value is -1.24. The van der Waals surface area contributed by atoms with Gasteiger partial charge in [-0.3, -0.25) is 4.79 Å². The minimum absolute atomic E-state index is 0.0393. The lowest BCUT2D eigenvalue weighted by Crippen LogP contribution is -2.36.